The van der Waals surface area contributed by atoms with E-state index < -0.39 is 0 Å². The average molecular weight is 257 g/mol. The van der Waals surface area contributed by atoms with Crippen molar-refractivity contribution in [2.45, 2.75) is 31.6 Å². The number of hydrogen-bond donors (Lipinski definition) is 0. The molecule has 0 unspecified atom stereocenters. The summed E-state index contributed by atoms with van der Waals surface area (Å²) in [6, 6.07) is 6.25. The van der Waals surface area contributed by atoms with E-state index in [2.05, 4.69) is 17.1 Å². The summed E-state index contributed by atoms with van der Waals surface area (Å²) in [5.74, 6) is 2.14. The van der Waals surface area contributed by atoms with Gasteiger partial charge in [-0.05, 0) is 42.5 Å². The fourth-order valence-electron chi connectivity index (χ4n) is 3.01. The van der Waals surface area contributed by atoms with Gasteiger partial charge in [0.15, 0.2) is 11.5 Å². The van der Waals surface area contributed by atoms with Gasteiger partial charge >= 0.3 is 0 Å². The summed E-state index contributed by atoms with van der Waals surface area (Å²) in [5.41, 5.74) is 2.24. The second kappa shape index (κ2) is 5.08. The minimum Gasteiger partial charge on any atom is -0.493 e. The second-order valence-electron chi connectivity index (χ2n) is 5.12. The van der Waals surface area contributed by atoms with Crippen LogP contribution in [0.2, 0.25) is 0 Å². The van der Waals surface area contributed by atoms with Gasteiger partial charge in [-0.25, -0.2) is 0 Å². The molecular weight excluding hydrogens is 238 g/mol. The molecule has 3 heteroatoms. The highest BCUT2D eigenvalue weighted by molar-refractivity contribution is 5.87. The predicted molar refractivity (Wildman–Crippen MR) is 76.1 cm³/mol. The summed E-state index contributed by atoms with van der Waals surface area (Å²) in [5, 5.41) is 1.13. The first kappa shape index (κ1) is 12.3. The molecule has 0 bridgehead atoms. The summed E-state index contributed by atoms with van der Waals surface area (Å²) in [7, 11) is 3.31. The Hall–Kier alpha value is -1.77. The quantitative estimate of drug-likeness (QED) is 0.835. The molecule has 19 heavy (non-hydrogen) atoms. The number of methoxy groups -OCH3 is 2. The average Bonchev–Trinajstić information content (AvgIpc) is 2.99. The molecule has 0 N–H and O–H groups in total. The number of rotatable bonds is 3. The fourth-order valence-corrected chi connectivity index (χ4v) is 3.01. The van der Waals surface area contributed by atoms with Gasteiger partial charge in [0.05, 0.1) is 14.2 Å². The van der Waals surface area contributed by atoms with Gasteiger partial charge in [-0.3, -0.25) is 4.98 Å². The van der Waals surface area contributed by atoms with E-state index in [0.29, 0.717) is 5.92 Å². The van der Waals surface area contributed by atoms with Crippen molar-refractivity contribution in [3.8, 4) is 11.5 Å². The molecular formula is C16H19NO2. The van der Waals surface area contributed by atoms with Crippen molar-refractivity contribution < 1.29 is 9.47 Å². The number of pyridine rings is 1. The van der Waals surface area contributed by atoms with E-state index in [-0.39, 0.29) is 0 Å². The summed E-state index contributed by atoms with van der Waals surface area (Å²) in [6.07, 6.45) is 7.27. The topological polar surface area (TPSA) is 31.4 Å². The van der Waals surface area contributed by atoms with Gasteiger partial charge in [-0.15, -0.1) is 0 Å². The van der Waals surface area contributed by atoms with Crippen molar-refractivity contribution in [1.29, 1.82) is 0 Å². The monoisotopic (exact) mass is 257 g/mol. The first-order valence-corrected chi connectivity index (χ1v) is 6.84. The summed E-state index contributed by atoms with van der Waals surface area (Å²) < 4.78 is 10.7. The van der Waals surface area contributed by atoms with Crippen LogP contribution in [0.15, 0.2) is 24.4 Å². The molecule has 1 aliphatic rings. The standard InChI is InChI=1S/C16H19NO2/c1-18-14-8-7-12-9-13(11-5-3-4-6-11)10-17-15(12)16(14)19-2/h7-11H,3-6H2,1-2H3. The van der Waals surface area contributed by atoms with Crippen LogP contribution in [-0.4, -0.2) is 19.2 Å². The SMILES string of the molecule is COc1ccc2cc(C3CCCC3)cnc2c1OC. The Balaban J connectivity index is 2.09. The minimum absolute atomic E-state index is 0.685. The van der Waals surface area contributed by atoms with E-state index in [1.165, 1.54) is 31.2 Å². The number of fused-ring (bicyclic) bond motifs is 1. The molecule has 3 rings (SSSR count). The van der Waals surface area contributed by atoms with Crippen molar-refractivity contribution in [2.75, 3.05) is 14.2 Å². The van der Waals surface area contributed by atoms with Gasteiger partial charge in [0.1, 0.15) is 5.52 Å². The highest BCUT2D eigenvalue weighted by Crippen LogP contribution is 2.38. The normalized spacial score (nSPS) is 15.9. The van der Waals surface area contributed by atoms with E-state index >= 15 is 0 Å². The van der Waals surface area contributed by atoms with Crippen LogP contribution in [0.5, 0.6) is 11.5 Å². The molecule has 0 spiro atoms. The highest BCUT2D eigenvalue weighted by Gasteiger charge is 2.18. The maximum atomic E-state index is 5.43. The Morgan fingerprint density at radius 3 is 2.58 bits per heavy atom. The van der Waals surface area contributed by atoms with Crippen molar-refractivity contribution >= 4 is 10.9 Å². The number of hydrogen-bond acceptors (Lipinski definition) is 3. The lowest BCUT2D eigenvalue weighted by molar-refractivity contribution is 0.358. The molecule has 1 aromatic heterocycles. The molecule has 0 amide bonds. The van der Waals surface area contributed by atoms with Crippen LogP contribution in [0.4, 0.5) is 0 Å². The Kier molecular flexibility index (Phi) is 3.28. The van der Waals surface area contributed by atoms with Gasteiger partial charge in [0, 0.05) is 11.6 Å². The van der Waals surface area contributed by atoms with E-state index in [0.717, 1.165) is 22.4 Å². The van der Waals surface area contributed by atoms with Gasteiger partial charge in [0.25, 0.3) is 0 Å². The van der Waals surface area contributed by atoms with Crippen LogP contribution in [0.1, 0.15) is 37.2 Å². The van der Waals surface area contributed by atoms with E-state index in [9.17, 15) is 0 Å². The maximum Gasteiger partial charge on any atom is 0.187 e. The van der Waals surface area contributed by atoms with Crippen LogP contribution in [-0.2, 0) is 0 Å². The second-order valence-corrected chi connectivity index (χ2v) is 5.12. The third-order valence-corrected chi connectivity index (χ3v) is 4.04. The smallest absolute Gasteiger partial charge is 0.187 e. The number of ether oxygens (including phenoxy) is 2. The molecule has 0 aliphatic heterocycles. The molecule has 1 aliphatic carbocycles. The van der Waals surface area contributed by atoms with Gasteiger partial charge < -0.3 is 9.47 Å². The molecule has 1 aromatic carbocycles. The highest BCUT2D eigenvalue weighted by atomic mass is 16.5. The van der Waals surface area contributed by atoms with E-state index in [4.69, 9.17) is 9.47 Å². The molecule has 1 heterocycles. The Labute approximate surface area is 113 Å². The number of nitrogens with zero attached hydrogens (tertiary/aromatic N) is 1. The van der Waals surface area contributed by atoms with Crippen LogP contribution in [0, 0.1) is 0 Å². The zero-order valence-corrected chi connectivity index (χ0v) is 11.5. The molecule has 100 valence electrons. The predicted octanol–water partition coefficient (Wildman–Crippen LogP) is 3.91. The van der Waals surface area contributed by atoms with Crippen molar-refractivity contribution in [1.82, 2.24) is 4.98 Å². The summed E-state index contributed by atoms with van der Waals surface area (Å²) in [4.78, 5) is 4.60. The van der Waals surface area contributed by atoms with Crippen LogP contribution in [0.25, 0.3) is 10.9 Å². The van der Waals surface area contributed by atoms with Crippen molar-refractivity contribution in [3.63, 3.8) is 0 Å². The maximum absolute atomic E-state index is 5.43. The largest absolute Gasteiger partial charge is 0.493 e. The van der Waals surface area contributed by atoms with E-state index in [1.54, 1.807) is 14.2 Å². The lowest BCUT2D eigenvalue weighted by atomic mass is 9.98. The van der Waals surface area contributed by atoms with Crippen LogP contribution in [0.3, 0.4) is 0 Å². The Morgan fingerprint density at radius 1 is 1.11 bits per heavy atom. The zero-order valence-electron chi connectivity index (χ0n) is 11.5. The Morgan fingerprint density at radius 2 is 1.89 bits per heavy atom. The van der Waals surface area contributed by atoms with Gasteiger partial charge in [-0.1, -0.05) is 12.8 Å². The molecule has 1 saturated carbocycles. The molecule has 3 nitrogen and oxygen atoms in total. The first-order valence-electron chi connectivity index (χ1n) is 6.84. The van der Waals surface area contributed by atoms with Gasteiger partial charge in [-0.2, -0.15) is 0 Å². The molecule has 1 fully saturated rings. The van der Waals surface area contributed by atoms with Crippen molar-refractivity contribution in [2.24, 2.45) is 0 Å². The molecule has 0 saturated heterocycles. The fraction of sp³-hybridized carbons (Fsp3) is 0.438. The third kappa shape index (κ3) is 2.14. The minimum atomic E-state index is 0.685. The third-order valence-electron chi connectivity index (χ3n) is 4.04. The lowest BCUT2D eigenvalue weighted by Crippen LogP contribution is -1.96. The summed E-state index contributed by atoms with van der Waals surface area (Å²) in [6.45, 7) is 0. The molecule has 2 aromatic rings. The Bertz CT molecular complexity index is 589. The summed E-state index contributed by atoms with van der Waals surface area (Å²) >= 11 is 0. The molecule has 0 atom stereocenters. The van der Waals surface area contributed by atoms with Crippen LogP contribution < -0.4 is 9.47 Å². The van der Waals surface area contributed by atoms with Gasteiger partial charge in [0.2, 0.25) is 0 Å². The lowest BCUT2D eigenvalue weighted by Gasteiger charge is -2.13. The van der Waals surface area contributed by atoms with Crippen LogP contribution >= 0.6 is 0 Å². The number of benzene rings is 1. The molecule has 0 radical (unpaired) electrons. The first-order chi connectivity index (χ1) is 9.33. The number of aromatic nitrogens is 1. The van der Waals surface area contributed by atoms with Crippen molar-refractivity contribution in [3.05, 3.63) is 30.0 Å². The van der Waals surface area contributed by atoms with E-state index in [1.807, 2.05) is 12.3 Å². The zero-order chi connectivity index (χ0) is 13.2.